The molecule has 2 aromatic rings. The second-order valence-electron chi connectivity index (χ2n) is 8.26. The van der Waals surface area contributed by atoms with Crippen LogP contribution in [-0.4, -0.2) is 75.9 Å². The van der Waals surface area contributed by atoms with Crippen molar-refractivity contribution in [2.45, 2.75) is 43.8 Å². The molecule has 0 aliphatic rings. The first-order chi connectivity index (χ1) is 17.7. The average Bonchev–Trinajstić information content (AvgIpc) is 3.37. The molecule has 0 saturated carbocycles. The summed E-state index contributed by atoms with van der Waals surface area (Å²) >= 11 is 0. The van der Waals surface area contributed by atoms with Crippen molar-refractivity contribution in [3.8, 4) is 0 Å². The standard InChI is InChI=1S/C23H33N9O5/c24-16(10-15-11-27-13-30-15)20(34)29-12-19(33)31-17(7-4-8-28-23(25)26)21(35)32-18(22(36)37)9-14-5-2-1-3-6-14/h1-3,5-6,11,13,16-18H,4,7-10,12,24H2,(H,27,30)(H,29,34)(H,31,33)(H,32,35)(H,36,37)(H4,25,26,28). The number of aromatic amines is 1. The van der Waals surface area contributed by atoms with Crippen molar-refractivity contribution in [3.05, 3.63) is 54.1 Å². The van der Waals surface area contributed by atoms with Crippen molar-refractivity contribution in [2.75, 3.05) is 13.1 Å². The van der Waals surface area contributed by atoms with Gasteiger partial charge in [-0.15, -0.1) is 0 Å². The van der Waals surface area contributed by atoms with E-state index >= 15 is 0 Å². The number of carboxylic acid groups (broad SMARTS) is 1. The van der Waals surface area contributed by atoms with Crippen LogP contribution in [-0.2, 0) is 32.0 Å². The first-order valence-electron chi connectivity index (χ1n) is 11.6. The van der Waals surface area contributed by atoms with Gasteiger partial charge in [-0.1, -0.05) is 30.3 Å². The molecular weight excluding hydrogens is 482 g/mol. The summed E-state index contributed by atoms with van der Waals surface area (Å²) < 4.78 is 0. The lowest BCUT2D eigenvalue weighted by Crippen LogP contribution is -2.54. The summed E-state index contributed by atoms with van der Waals surface area (Å²) in [5.74, 6) is -3.25. The van der Waals surface area contributed by atoms with Gasteiger partial charge in [-0.2, -0.15) is 0 Å². The van der Waals surface area contributed by atoms with E-state index in [4.69, 9.17) is 17.2 Å². The number of carbonyl (C=O) groups excluding carboxylic acids is 3. The third-order valence-electron chi connectivity index (χ3n) is 5.25. The van der Waals surface area contributed by atoms with Crippen molar-refractivity contribution < 1.29 is 24.3 Å². The van der Waals surface area contributed by atoms with Crippen molar-refractivity contribution in [3.63, 3.8) is 0 Å². The number of hydrogen-bond donors (Lipinski definition) is 8. The molecule has 3 unspecified atom stereocenters. The number of carboxylic acids is 1. The van der Waals surface area contributed by atoms with Crippen LogP contribution < -0.4 is 33.2 Å². The average molecular weight is 516 g/mol. The molecule has 3 atom stereocenters. The SMILES string of the molecule is NC(N)=NCCCC(NC(=O)CNC(=O)C(N)Cc1cnc[nH]1)C(=O)NC(Cc1ccccc1)C(=O)O. The Hall–Kier alpha value is -4.46. The number of rotatable bonds is 15. The van der Waals surface area contributed by atoms with Crippen LogP contribution in [0.5, 0.6) is 0 Å². The molecule has 1 aromatic carbocycles. The van der Waals surface area contributed by atoms with E-state index in [1.165, 1.54) is 12.5 Å². The minimum absolute atomic E-state index is 0.0564. The Morgan fingerprint density at radius 1 is 1.03 bits per heavy atom. The van der Waals surface area contributed by atoms with Gasteiger partial charge in [0.15, 0.2) is 5.96 Å². The molecule has 0 saturated heterocycles. The molecular formula is C23H33N9O5. The zero-order chi connectivity index (χ0) is 27.2. The second-order valence-corrected chi connectivity index (χ2v) is 8.26. The molecule has 11 N–H and O–H groups in total. The van der Waals surface area contributed by atoms with Crippen LogP contribution >= 0.6 is 0 Å². The van der Waals surface area contributed by atoms with Crippen molar-refractivity contribution in [2.24, 2.45) is 22.2 Å². The van der Waals surface area contributed by atoms with E-state index in [9.17, 15) is 24.3 Å². The highest BCUT2D eigenvalue weighted by Crippen LogP contribution is 2.06. The summed E-state index contributed by atoms with van der Waals surface area (Å²) in [5.41, 5.74) is 17.9. The fourth-order valence-electron chi connectivity index (χ4n) is 3.36. The van der Waals surface area contributed by atoms with Gasteiger partial charge in [0.1, 0.15) is 12.1 Å². The van der Waals surface area contributed by atoms with Gasteiger partial charge in [-0.05, 0) is 18.4 Å². The summed E-state index contributed by atoms with van der Waals surface area (Å²) in [6, 6.07) is 5.59. The van der Waals surface area contributed by atoms with Crippen LogP contribution in [0.25, 0.3) is 0 Å². The number of imidazole rings is 1. The molecule has 3 amide bonds. The highest BCUT2D eigenvalue weighted by molar-refractivity contribution is 5.92. The number of aliphatic imine (C=N–C) groups is 1. The minimum atomic E-state index is -1.22. The lowest BCUT2D eigenvalue weighted by atomic mass is 10.0. The Morgan fingerprint density at radius 2 is 1.76 bits per heavy atom. The maximum absolute atomic E-state index is 12.9. The molecule has 1 heterocycles. The highest BCUT2D eigenvalue weighted by atomic mass is 16.4. The number of H-pyrrole nitrogens is 1. The fourth-order valence-corrected chi connectivity index (χ4v) is 3.36. The number of nitrogens with two attached hydrogens (primary N) is 3. The summed E-state index contributed by atoms with van der Waals surface area (Å²) in [6.07, 6.45) is 3.70. The Bertz CT molecular complexity index is 1060. The molecule has 14 nitrogen and oxygen atoms in total. The Labute approximate surface area is 213 Å². The number of nitrogens with zero attached hydrogens (tertiary/aromatic N) is 2. The summed E-state index contributed by atoms with van der Waals surface area (Å²) in [5, 5.41) is 17.0. The number of aromatic nitrogens is 2. The van der Waals surface area contributed by atoms with Gasteiger partial charge in [0, 0.05) is 31.3 Å². The predicted molar refractivity (Wildman–Crippen MR) is 135 cm³/mol. The lowest BCUT2D eigenvalue weighted by Gasteiger charge is -2.22. The quantitative estimate of drug-likeness (QED) is 0.0724. The zero-order valence-corrected chi connectivity index (χ0v) is 20.2. The van der Waals surface area contributed by atoms with Crippen molar-refractivity contribution in [1.82, 2.24) is 25.9 Å². The first-order valence-corrected chi connectivity index (χ1v) is 11.6. The number of aliphatic carboxylic acids is 1. The topological polar surface area (TPSA) is 244 Å². The Balaban J connectivity index is 1.97. The van der Waals surface area contributed by atoms with Crippen molar-refractivity contribution >= 4 is 29.7 Å². The van der Waals surface area contributed by atoms with Crippen LogP contribution in [0.4, 0.5) is 0 Å². The molecule has 37 heavy (non-hydrogen) atoms. The number of benzene rings is 1. The highest BCUT2D eigenvalue weighted by Gasteiger charge is 2.27. The third kappa shape index (κ3) is 10.8. The van der Waals surface area contributed by atoms with E-state index in [1.54, 1.807) is 30.3 Å². The van der Waals surface area contributed by atoms with Crippen LogP contribution in [0, 0.1) is 0 Å². The van der Waals surface area contributed by atoms with Crippen LogP contribution in [0.1, 0.15) is 24.1 Å². The molecule has 0 aliphatic heterocycles. The molecule has 0 radical (unpaired) electrons. The van der Waals surface area contributed by atoms with Gasteiger partial charge in [0.05, 0.1) is 18.9 Å². The maximum atomic E-state index is 12.9. The second kappa shape index (κ2) is 14.8. The fraction of sp³-hybridized carbons (Fsp3) is 0.391. The third-order valence-corrected chi connectivity index (χ3v) is 5.25. The summed E-state index contributed by atoms with van der Waals surface area (Å²) in [4.78, 5) is 60.0. The van der Waals surface area contributed by atoms with Gasteiger partial charge in [0.2, 0.25) is 17.7 Å². The number of guanidine groups is 1. The number of amides is 3. The summed E-state index contributed by atoms with van der Waals surface area (Å²) in [6.45, 7) is -0.229. The van der Waals surface area contributed by atoms with E-state index in [1.807, 2.05) is 0 Å². The van der Waals surface area contributed by atoms with Gasteiger partial charge < -0.3 is 43.2 Å². The van der Waals surface area contributed by atoms with Crippen LogP contribution in [0.15, 0.2) is 47.8 Å². The van der Waals surface area contributed by atoms with E-state index < -0.39 is 48.4 Å². The Morgan fingerprint density at radius 3 is 2.38 bits per heavy atom. The predicted octanol–water partition coefficient (Wildman–Crippen LogP) is -2.25. The zero-order valence-electron chi connectivity index (χ0n) is 20.2. The van der Waals surface area contributed by atoms with Crippen LogP contribution in [0.2, 0.25) is 0 Å². The van der Waals surface area contributed by atoms with E-state index in [0.29, 0.717) is 12.1 Å². The largest absolute Gasteiger partial charge is 0.480 e. The number of carbonyl (C=O) groups is 4. The number of nitrogens with one attached hydrogen (secondary N) is 4. The van der Waals surface area contributed by atoms with Gasteiger partial charge in [-0.25, -0.2) is 9.78 Å². The smallest absolute Gasteiger partial charge is 0.326 e. The van der Waals surface area contributed by atoms with E-state index in [-0.39, 0.29) is 31.8 Å². The molecule has 1 aromatic heterocycles. The van der Waals surface area contributed by atoms with E-state index in [2.05, 4.69) is 30.9 Å². The lowest BCUT2D eigenvalue weighted by molar-refractivity contribution is -0.142. The number of hydrogen-bond acceptors (Lipinski definition) is 7. The normalized spacial score (nSPS) is 13.0. The molecule has 2 rings (SSSR count). The molecule has 200 valence electrons. The summed E-state index contributed by atoms with van der Waals surface area (Å²) in [7, 11) is 0. The van der Waals surface area contributed by atoms with Gasteiger partial charge in [0.25, 0.3) is 0 Å². The van der Waals surface area contributed by atoms with Crippen molar-refractivity contribution in [1.29, 1.82) is 0 Å². The van der Waals surface area contributed by atoms with E-state index in [0.717, 1.165) is 5.56 Å². The Kier molecular flexibility index (Phi) is 11.5. The molecule has 0 spiro atoms. The monoisotopic (exact) mass is 515 g/mol. The minimum Gasteiger partial charge on any atom is -0.480 e. The molecule has 14 heteroatoms. The maximum Gasteiger partial charge on any atom is 0.326 e. The molecule has 0 fully saturated rings. The van der Waals surface area contributed by atoms with Gasteiger partial charge >= 0.3 is 5.97 Å². The molecule has 0 bridgehead atoms. The van der Waals surface area contributed by atoms with Gasteiger partial charge in [-0.3, -0.25) is 19.4 Å². The first kappa shape index (κ1) is 28.8. The van der Waals surface area contributed by atoms with Crippen LogP contribution in [0.3, 0.4) is 0 Å². The molecule has 0 aliphatic carbocycles.